The zero-order chi connectivity index (χ0) is 19.2. The Bertz CT molecular complexity index is 945. The third-order valence-corrected chi connectivity index (χ3v) is 4.47. The molecule has 0 bridgehead atoms. The summed E-state index contributed by atoms with van der Waals surface area (Å²) in [5.74, 6) is 0.922. The molecule has 0 atom stereocenters. The summed E-state index contributed by atoms with van der Waals surface area (Å²) in [5, 5.41) is 6.53. The summed E-state index contributed by atoms with van der Waals surface area (Å²) >= 11 is 6.08. The van der Waals surface area contributed by atoms with E-state index < -0.39 is 0 Å². The van der Waals surface area contributed by atoms with Gasteiger partial charge in [0.1, 0.15) is 5.75 Å². The highest BCUT2D eigenvalue weighted by Gasteiger charge is 2.10. The van der Waals surface area contributed by atoms with Gasteiger partial charge in [0, 0.05) is 35.2 Å². The van der Waals surface area contributed by atoms with Gasteiger partial charge in [-0.15, -0.1) is 0 Å². The van der Waals surface area contributed by atoms with Crippen LogP contribution < -0.4 is 15.4 Å². The molecular weight excluding hydrogens is 364 g/mol. The lowest BCUT2D eigenvalue weighted by atomic mass is 10.2. The minimum Gasteiger partial charge on any atom is -0.496 e. The van der Waals surface area contributed by atoms with E-state index >= 15 is 0 Å². The van der Waals surface area contributed by atoms with Crippen LogP contribution >= 0.6 is 11.6 Å². The van der Waals surface area contributed by atoms with Crippen LogP contribution in [-0.2, 0) is 6.54 Å². The van der Waals surface area contributed by atoms with Crippen LogP contribution in [-0.4, -0.2) is 23.0 Å². The standard InChI is InChI=1S/C20H19ClN4O2/c1-13-16(21)7-5-8-17(13)25-19(26)15-11-23-20(24-12-15)22-10-14-6-3-4-9-18(14)27-2/h3-9,11-12H,10H2,1-2H3,(H,25,26)(H,22,23,24). The molecule has 2 N–H and O–H groups in total. The lowest BCUT2D eigenvalue weighted by Crippen LogP contribution is -2.14. The molecule has 0 aliphatic carbocycles. The van der Waals surface area contributed by atoms with E-state index in [1.807, 2.05) is 31.2 Å². The predicted molar refractivity (Wildman–Crippen MR) is 106 cm³/mol. The molecule has 0 fully saturated rings. The molecule has 0 spiro atoms. The van der Waals surface area contributed by atoms with Gasteiger partial charge in [0.15, 0.2) is 0 Å². The van der Waals surface area contributed by atoms with Crippen LogP contribution in [0.5, 0.6) is 5.75 Å². The fourth-order valence-corrected chi connectivity index (χ4v) is 2.67. The van der Waals surface area contributed by atoms with Crippen LogP contribution in [0.4, 0.5) is 11.6 Å². The summed E-state index contributed by atoms with van der Waals surface area (Å²) in [6, 6.07) is 13.1. The van der Waals surface area contributed by atoms with Crippen molar-refractivity contribution in [1.29, 1.82) is 0 Å². The molecule has 27 heavy (non-hydrogen) atoms. The molecule has 0 saturated carbocycles. The molecule has 0 aliphatic rings. The van der Waals surface area contributed by atoms with Gasteiger partial charge in [-0.3, -0.25) is 4.79 Å². The van der Waals surface area contributed by atoms with Crippen LogP contribution in [0, 0.1) is 6.92 Å². The number of hydrogen-bond donors (Lipinski definition) is 2. The molecule has 1 heterocycles. The molecule has 1 amide bonds. The van der Waals surface area contributed by atoms with E-state index in [2.05, 4.69) is 20.6 Å². The van der Waals surface area contributed by atoms with Gasteiger partial charge in [0.05, 0.1) is 12.7 Å². The highest BCUT2D eigenvalue weighted by molar-refractivity contribution is 6.31. The maximum Gasteiger partial charge on any atom is 0.258 e. The van der Waals surface area contributed by atoms with Crippen molar-refractivity contribution in [2.75, 3.05) is 17.7 Å². The van der Waals surface area contributed by atoms with Gasteiger partial charge >= 0.3 is 0 Å². The molecule has 0 saturated heterocycles. The number of amides is 1. The molecule has 3 rings (SSSR count). The largest absolute Gasteiger partial charge is 0.496 e. The number of para-hydroxylation sites is 1. The molecule has 138 valence electrons. The Morgan fingerprint density at radius 1 is 1.11 bits per heavy atom. The number of carbonyl (C=O) groups is 1. The van der Waals surface area contributed by atoms with Gasteiger partial charge in [0.25, 0.3) is 5.91 Å². The highest BCUT2D eigenvalue weighted by atomic mass is 35.5. The van der Waals surface area contributed by atoms with Gasteiger partial charge in [-0.25, -0.2) is 9.97 Å². The molecule has 0 radical (unpaired) electrons. The monoisotopic (exact) mass is 382 g/mol. The molecular formula is C20H19ClN4O2. The Kier molecular flexibility index (Phi) is 5.88. The lowest BCUT2D eigenvalue weighted by Gasteiger charge is -2.10. The zero-order valence-corrected chi connectivity index (χ0v) is 15.7. The number of nitrogens with zero attached hydrogens (tertiary/aromatic N) is 2. The fourth-order valence-electron chi connectivity index (χ4n) is 2.50. The van der Waals surface area contributed by atoms with E-state index in [9.17, 15) is 4.79 Å². The molecule has 7 heteroatoms. The minimum absolute atomic E-state index is 0.295. The quantitative estimate of drug-likeness (QED) is 0.664. The van der Waals surface area contributed by atoms with Crippen LogP contribution in [0.1, 0.15) is 21.5 Å². The van der Waals surface area contributed by atoms with E-state index in [4.69, 9.17) is 16.3 Å². The number of aromatic nitrogens is 2. The molecule has 0 aliphatic heterocycles. The number of anilines is 2. The first-order valence-corrected chi connectivity index (χ1v) is 8.70. The maximum atomic E-state index is 12.4. The van der Waals surface area contributed by atoms with Gasteiger partial charge in [0.2, 0.25) is 5.95 Å². The number of ether oxygens (including phenoxy) is 1. The fraction of sp³-hybridized carbons (Fsp3) is 0.150. The summed E-state index contributed by atoms with van der Waals surface area (Å²) in [7, 11) is 1.63. The Balaban J connectivity index is 1.64. The van der Waals surface area contributed by atoms with Crippen molar-refractivity contribution in [2.24, 2.45) is 0 Å². The molecule has 6 nitrogen and oxygen atoms in total. The number of rotatable bonds is 6. The number of halogens is 1. The average molecular weight is 383 g/mol. The van der Waals surface area contributed by atoms with Gasteiger partial charge in [-0.1, -0.05) is 35.9 Å². The van der Waals surface area contributed by atoms with E-state index in [1.165, 1.54) is 12.4 Å². The van der Waals surface area contributed by atoms with Crippen LogP contribution in [0.2, 0.25) is 5.02 Å². The summed E-state index contributed by atoms with van der Waals surface area (Å²) in [5.41, 5.74) is 2.81. The highest BCUT2D eigenvalue weighted by Crippen LogP contribution is 2.23. The van der Waals surface area contributed by atoms with Crippen molar-refractivity contribution in [3.05, 3.63) is 76.6 Å². The summed E-state index contributed by atoms with van der Waals surface area (Å²) in [4.78, 5) is 20.8. The van der Waals surface area contributed by atoms with E-state index in [0.717, 1.165) is 16.9 Å². The second-order valence-corrected chi connectivity index (χ2v) is 6.23. The maximum absolute atomic E-state index is 12.4. The summed E-state index contributed by atoms with van der Waals surface area (Å²) < 4.78 is 5.32. The smallest absolute Gasteiger partial charge is 0.258 e. The summed E-state index contributed by atoms with van der Waals surface area (Å²) in [6.07, 6.45) is 2.96. The second kappa shape index (κ2) is 8.51. The molecule has 1 aromatic heterocycles. The molecule has 3 aromatic rings. The SMILES string of the molecule is COc1ccccc1CNc1ncc(C(=O)Nc2cccc(Cl)c2C)cn1. The van der Waals surface area contributed by atoms with Crippen LogP contribution in [0.15, 0.2) is 54.9 Å². The van der Waals surface area contributed by atoms with Crippen LogP contribution in [0.25, 0.3) is 0 Å². The Morgan fingerprint density at radius 2 is 1.85 bits per heavy atom. The normalized spacial score (nSPS) is 10.3. The van der Waals surface area contributed by atoms with Gasteiger partial charge in [-0.2, -0.15) is 0 Å². The van der Waals surface area contributed by atoms with Crippen molar-refractivity contribution in [2.45, 2.75) is 13.5 Å². The second-order valence-electron chi connectivity index (χ2n) is 5.83. The first-order valence-electron chi connectivity index (χ1n) is 8.32. The first-order chi connectivity index (χ1) is 13.1. The third kappa shape index (κ3) is 4.54. The van der Waals surface area contributed by atoms with Crippen molar-refractivity contribution in [3.8, 4) is 5.75 Å². The number of methoxy groups -OCH3 is 1. The topological polar surface area (TPSA) is 76.1 Å². The molecule has 0 unspecified atom stereocenters. The molecule has 2 aromatic carbocycles. The van der Waals surface area contributed by atoms with Gasteiger partial charge in [-0.05, 0) is 30.7 Å². The summed E-state index contributed by atoms with van der Waals surface area (Å²) in [6.45, 7) is 2.36. The van der Waals surface area contributed by atoms with Crippen molar-refractivity contribution >= 4 is 29.1 Å². The Hall–Kier alpha value is -3.12. The zero-order valence-electron chi connectivity index (χ0n) is 15.0. The van der Waals surface area contributed by atoms with E-state index in [-0.39, 0.29) is 5.91 Å². The average Bonchev–Trinajstić information content (AvgIpc) is 2.70. The Labute approximate surface area is 162 Å². The van der Waals surface area contributed by atoms with Crippen molar-refractivity contribution < 1.29 is 9.53 Å². The van der Waals surface area contributed by atoms with Gasteiger partial charge < -0.3 is 15.4 Å². The minimum atomic E-state index is -0.295. The van der Waals surface area contributed by atoms with E-state index in [1.54, 1.807) is 25.3 Å². The lowest BCUT2D eigenvalue weighted by molar-refractivity contribution is 0.102. The number of carbonyl (C=O) groups excluding carboxylic acids is 1. The van der Waals surface area contributed by atoms with E-state index in [0.29, 0.717) is 28.8 Å². The van der Waals surface area contributed by atoms with Crippen molar-refractivity contribution in [1.82, 2.24) is 9.97 Å². The first kappa shape index (κ1) is 18.7. The predicted octanol–water partition coefficient (Wildman–Crippen LogP) is 4.31. The van der Waals surface area contributed by atoms with Crippen molar-refractivity contribution in [3.63, 3.8) is 0 Å². The third-order valence-electron chi connectivity index (χ3n) is 4.06. The number of hydrogen-bond acceptors (Lipinski definition) is 5. The van der Waals surface area contributed by atoms with Crippen LogP contribution in [0.3, 0.4) is 0 Å². The number of benzene rings is 2. The number of nitrogens with one attached hydrogen (secondary N) is 2. The Morgan fingerprint density at radius 3 is 2.59 bits per heavy atom.